The van der Waals surface area contributed by atoms with Gasteiger partial charge in [-0.2, -0.15) is 0 Å². The lowest BCUT2D eigenvalue weighted by Crippen LogP contribution is -2.26. The molecule has 38 heavy (non-hydrogen) atoms. The van der Waals surface area contributed by atoms with Crippen molar-refractivity contribution in [2.24, 2.45) is 0 Å². The van der Waals surface area contributed by atoms with E-state index in [1.54, 1.807) is 24.9 Å². The molecule has 0 atom stereocenters. The summed E-state index contributed by atoms with van der Waals surface area (Å²) in [6, 6.07) is 18.6. The zero-order valence-electron chi connectivity index (χ0n) is 20.9. The average Bonchev–Trinajstić information content (AvgIpc) is 3.52. The number of rotatable bonds is 7. The zero-order chi connectivity index (χ0) is 26.2. The van der Waals surface area contributed by atoms with Crippen LogP contribution in [0.4, 0.5) is 5.82 Å². The number of fused-ring (bicyclic) bond motifs is 3. The topological polar surface area (TPSA) is 123 Å². The molecule has 6 rings (SSSR count). The van der Waals surface area contributed by atoms with E-state index < -0.39 is 0 Å². The molecule has 3 aromatic carbocycles. The largest absolute Gasteiger partial charge is 0.493 e. The number of benzene rings is 3. The molecule has 3 heterocycles. The van der Waals surface area contributed by atoms with Crippen molar-refractivity contribution in [3.05, 3.63) is 71.8 Å². The molecule has 0 fully saturated rings. The number of carbonyl (C=O) groups excluding carboxylic acids is 1. The Bertz CT molecular complexity index is 1700. The maximum absolute atomic E-state index is 13.5. The molecule has 0 bridgehead atoms. The molecule has 2 aromatic heterocycles. The molecule has 1 aliphatic rings. The molecule has 10 heteroatoms. The first-order valence-corrected chi connectivity index (χ1v) is 12.0. The van der Waals surface area contributed by atoms with Gasteiger partial charge in [-0.15, -0.1) is 0 Å². The lowest BCUT2D eigenvalue weighted by atomic mass is 10.1. The maximum Gasteiger partial charge on any atom is 0.257 e. The van der Waals surface area contributed by atoms with Crippen LogP contribution in [0.3, 0.4) is 0 Å². The van der Waals surface area contributed by atoms with Gasteiger partial charge in [-0.3, -0.25) is 9.36 Å². The highest BCUT2D eigenvalue weighted by Gasteiger charge is 2.26. The minimum absolute atomic E-state index is 0.152. The molecular formula is C28H25N5O5. The van der Waals surface area contributed by atoms with Gasteiger partial charge in [0.2, 0.25) is 6.79 Å². The summed E-state index contributed by atoms with van der Waals surface area (Å²) < 4.78 is 23.4. The predicted molar refractivity (Wildman–Crippen MR) is 142 cm³/mol. The van der Waals surface area contributed by atoms with Crippen LogP contribution >= 0.6 is 0 Å². The summed E-state index contributed by atoms with van der Waals surface area (Å²) in [6.45, 7) is 0.532. The van der Waals surface area contributed by atoms with E-state index in [1.165, 1.54) is 0 Å². The van der Waals surface area contributed by atoms with Crippen LogP contribution in [0.5, 0.6) is 23.0 Å². The monoisotopic (exact) mass is 511 g/mol. The molecule has 1 aliphatic heterocycles. The smallest absolute Gasteiger partial charge is 0.257 e. The molecule has 192 valence electrons. The molecule has 3 N–H and O–H groups in total. The Labute approximate surface area is 217 Å². The number of anilines is 1. The summed E-state index contributed by atoms with van der Waals surface area (Å²) in [4.78, 5) is 23.1. The second-order valence-electron chi connectivity index (χ2n) is 8.71. The van der Waals surface area contributed by atoms with E-state index in [2.05, 4.69) is 5.32 Å². The van der Waals surface area contributed by atoms with Crippen LogP contribution in [-0.4, -0.2) is 48.0 Å². The third-order valence-corrected chi connectivity index (χ3v) is 6.49. The first-order valence-electron chi connectivity index (χ1n) is 12.0. The normalized spacial score (nSPS) is 12.2. The van der Waals surface area contributed by atoms with Gasteiger partial charge in [0.15, 0.2) is 28.6 Å². The summed E-state index contributed by atoms with van der Waals surface area (Å²) in [5, 5.41) is 2.98. The Morgan fingerprint density at radius 2 is 1.74 bits per heavy atom. The standard InChI is InChI=1S/C28H25N5O5/c1-35-20-9-7-16(13-22(20)36-2)11-12-30-28(34)24-25-27(32-19-6-4-3-5-18(19)31-25)33(26(24)29)17-8-10-21-23(14-17)38-15-37-21/h3-10,13-14H,11-12,15,29H2,1-2H3,(H,30,34). The van der Waals surface area contributed by atoms with Crippen LogP contribution in [0.15, 0.2) is 60.7 Å². The van der Waals surface area contributed by atoms with Gasteiger partial charge in [0, 0.05) is 12.6 Å². The molecular weight excluding hydrogens is 486 g/mol. The molecule has 1 amide bonds. The number of para-hydroxylation sites is 2. The highest BCUT2D eigenvalue weighted by Crippen LogP contribution is 2.37. The second-order valence-corrected chi connectivity index (χ2v) is 8.71. The summed E-state index contributed by atoms with van der Waals surface area (Å²) in [7, 11) is 3.18. The van der Waals surface area contributed by atoms with Gasteiger partial charge in [0.1, 0.15) is 16.9 Å². The second kappa shape index (κ2) is 9.47. The summed E-state index contributed by atoms with van der Waals surface area (Å²) in [6.07, 6.45) is 0.585. The third-order valence-electron chi connectivity index (χ3n) is 6.49. The molecule has 0 unspecified atom stereocenters. The van der Waals surface area contributed by atoms with E-state index in [-0.39, 0.29) is 24.1 Å². The first kappa shape index (κ1) is 23.4. The van der Waals surface area contributed by atoms with Gasteiger partial charge in [0.05, 0.1) is 30.9 Å². The number of hydrogen-bond donors (Lipinski definition) is 2. The van der Waals surface area contributed by atoms with Crippen molar-refractivity contribution in [3.8, 4) is 28.7 Å². The molecule has 0 saturated carbocycles. The lowest BCUT2D eigenvalue weighted by molar-refractivity contribution is 0.0956. The van der Waals surface area contributed by atoms with Crippen LogP contribution in [0.2, 0.25) is 0 Å². The van der Waals surface area contributed by atoms with E-state index >= 15 is 0 Å². The third kappa shape index (κ3) is 3.96. The van der Waals surface area contributed by atoms with Crippen LogP contribution in [0.1, 0.15) is 15.9 Å². The zero-order valence-corrected chi connectivity index (χ0v) is 20.9. The minimum Gasteiger partial charge on any atom is -0.493 e. The van der Waals surface area contributed by atoms with Gasteiger partial charge in [-0.25, -0.2) is 9.97 Å². The van der Waals surface area contributed by atoms with E-state index in [9.17, 15) is 4.79 Å². The molecule has 5 aromatic rings. The van der Waals surface area contributed by atoms with Gasteiger partial charge in [-0.1, -0.05) is 18.2 Å². The number of amides is 1. The van der Waals surface area contributed by atoms with E-state index in [0.717, 1.165) is 5.56 Å². The van der Waals surface area contributed by atoms with E-state index in [1.807, 2.05) is 54.6 Å². The number of ether oxygens (including phenoxy) is 4. The number of nitrogens with zero attached hydrogens (tertiary/aromatic N) is 3. The number of carbonyl (C=O) groups is 1. The number of hydrogen-bond acceptors (Lipinski definition) is 8. The number of nitrogens with two attached hydrogens (primary N) is 1. The molecule has 0 spiro atoms. The van der Waals surface area contributed by atoms with E-state index in [0.29, 0.717) is 63.8 Å². The molecule has 0 aliphatic carbocycles. The first-order chi connectivity index (χ1) is 18.6. The van der Waals surface area contributed by atoms with Gasteiger partial charge in [-0.05, 0) is 48.4 Å². The quantitative estimate of drug-likeness (QED) is 0.338. The molecule has 10 nitrogen and oxygen atoms in total. The Kier molecular flexibility index (Phi) is 5.83. The fourth-order valence-electron chi connectivity index (χ4n) is 4.62. The molecule has 0 radical (unpaired) electrons. The minimum atomic E-state index is -0.336. The predicted octanol–water partition coefficient (Wildman–Crippen LogP) is 3.87. The van der Waals surface area contributed by atoms with Crippen molar-refractivity contribution in [3.63, 3.8) is 0 Å². The van der Waals surface area contributed by atoms with Crippen molar-refractivity contribution in [2.45, 2.75) is 6.42 Å². The van der Waals surface area contributed by atoms with Crippen molar-refractivity contribution in [2.75, 3.05) is 33.3 Å². The van der Waals surface area contributed by atoms with Crippen LogP contribution in [-0.2, 0) is 6.42 Å². The van der Waals surface area contributed by atoms with Crippen LogP contribution < -0.4 is 30.0 Å². The SMILES string of the molecule is COc1ccc(CCNC(=O)c2c(N)n(-c3ccc4c(c3)OCO4)c3nc4ccccc4nc23)cc1OC. The Balaban J connectivity index is 1.36. The van der Waals surface area contributed by atoms with Crippen molar-refractivity contribution >= 4 is 33.9 Å². The van der Waals surface area contributed by atoms with Crippen molar-refractivity contribution in [1.29, 1.82) is 0 Å². The Morgan fingerprint density at radius 1 is 0.974 bits per heavy atom. The summed E-state index contributed by atoms with van der Waals surface area (Å²) in [5.74, 6) is 2.42. The Morgan fingerprint density at radius 3 is 2.53 bits per heavy atom. The molecule has 0 saturated heterocycles. The summed E-state index contributed by atoms with van der Waals surface area (Å²) in [5.41, 5.74) is 10.8. The highest BCUT2D eigenvalue weighted by atomic mass is 16.7. The van der Waals surface area contributed by atoms with Crippen molar-refractivity contribution < 1.29 is 23.7 Å². The van der Waals surface area contributed by atoms with E-state index in [4.69, 9.17) is 34.6 Å². The Hall–Kier alpha value is -4.99. The van der Waals surface area contributed by atoms with Crippen LogP contribution in [0, 0.1) is 0 Å². The number of nitrogens with one attached hydrogen (secondary N) is 1. The fraction of sp³-hybridized carbons (Fsp3) is 0.179. The van der Waals surface area contributed by atoms with Gasteiger partial charge < -0.3 is 30.0 Å². The number of aromatic nitrogens is 3. The van der Waals surface area contributed by atoms with Crippen LogP contribution in [0.25, 0.3) is 27.9 Å². The highest BCUT2D eigenvalue weighted by molar-refractivity contribution is 6.11. The summed E-state index contributed by atoms with van der Waals surface area (Å²) >= 11 is 0. The van der Waals surface area contributed by atoms with Gasteiger partial charge >= 0.3 is 0 Å². The lowest BCUT2D eigenvalue weighted by Gasteiger charge is -2.10. The average molecular weight is 512 g/mol. The number of nitrogen functional groups attached to an aromatic ring is 1. The maximum atomic E-state index is 13.5. The fourth-order valence-corrected chi connectivity index (χ4v) is 4.62. The van der Waals surface area contributed by atoms with Crippen molar-refractivity contribution in [1.82, 2.24) is 19.9 Å². The number of methoxy groups -OCH3 is 2. The van der Waals surface area contributed by atoms with Gasteiger partial charge in [0.25, 0.3) is 5.91 Å².